The highest BCUT2D eigenvalue weighted by Crippen LogP contribution is 2.27. The van der Waals surface area contributed by atoms with Crippen LogP contribution in [0.4, 0.5) is 13.2 Å². The van der Waals surface area contributed by atoms with Crippen molar-refractivity contribution in [2.45, 2.75) is 19.4 Å². The molecule has 1 aromatic rings. The molecular weight excluding hydrogens is 209 g/mol. The molecule has 1 aromatic carbocycles. The Kier molecular flexibility index (Phi) is 2.86. The van der Waals surface area contributed by atoms with Gasteiger partial charge in [0.05, 0.1) is 5.56 Å². The normalized spacial score (nSPS) is 14.8. The van der Waals surface area contributed by atoms with Crippen molar-refractivity contribution in [3.8, 4) is 0 Å². The summed E-state index contributed by atoms with van der Waals surface area (Å²) in [7, 11) is 0. The smallest absolute Gasteiger partial charge is 0.165 e. The molecule has 0 saturated carbocycles. The Morgan fingerprint density at radius 1 is 1.27 bits per heavy atom. The lowest BCUT2D eigenvalue weighted by atomic mass is 9.91. The Hall–Kier alpha value is -1.36. The first-order chi connectivity index (χ1) is 6.76. The highest BCUT2D eigenvalue weighted by Gasteiger charge is 2.35. The molecule has 0 bridgehead atoms. The Labute approximate surface area is 84.3 Å². The van der Waals surface area contributed by atoms with Crippen LogP contribution < -0.4 is 0 Å². The summed E-state index contributed by atoms with van der Waals surface area (Å²) in [4.78, 5) is 11.0. The molecule has 0 aliphatic rings. The highest BCUT2D eigenvalue weighted by molar-refractivity contribution is 5.85. The zero-order valence-corrected chi connectivity index (χ0v) is 8.14. The van der Waals surface area contributed by atoms with Crippen LogP contribution in [-0.2, 0) is 10.4 Å². The Balaban J connectivity index is 3.44. The van der Waals surface area contributed by atoms with Gasteiger partial charge in [0, 0.05) is 12.1 Å². The van der Waals surface area contributed by atoms with Gasteiger partial charge < -0.3 is 5.11 Å². The molecule has 5 heteroatoms. The van der Waals surface area contributed by atoms with Crippen LogP contribution in [0.2, 0.25) is 0 Å². The maximum atomic E-state index is 13.2. The van der Waals surface area contributed by atoms with E-state index in [1.807, 2.05) is 0 Å². The van der Waals surface area contributed by atoms with Crippen molar-refractivity contribution in [2.24, 2.45) is 0 Å². The van der Waals surface area contributed by atoms with Gasteiger partial charge in [-0.2, -0.15) is 0 Å². The third kappa shape index (κ3) is 2.02. The van der Waals surface area contributed by atoms with E-state index in [2.05, 4.69) is 0 Å². The first kappa shape index (κ1) is 11.7. The first-order valence-corrected chi connectivity index (χ1v) is 4.15. The van der Waals surface area contributed by atoms with Gasteiger partial charge >= 0.3 is 0 Å². The molecule has 0 aromatic heterocycles. The summed E-state index contributed by atoms with van der Waals surface area (Å²) in [6.07, 6.45) is 0. The Morgan fingerprint density at radius 2 is 1.67 bits per heavy atom. The number of rotatable bonds is 2. The summed E-state index contributed by atoms with van der Waals surface area (Å²) in [6.45, 7) is 1.94. The van der Waals surface area contributed by atoms with Gasteiger partial charge in [0.15, 0.2) is 11.4 Å². The van der Waals surface area contributed by atoms with Crippen LogP contribution in [0.3, 0.4) is 0 Å². The van der Waals surface area contributed by atoms with Crippen molar-refractivity contribution >= 4 is 5.78 Å². The van der Waals surface area contributed by atoms with Crippen LogP contribution in [-0.4, -0.2) is 10.9 Å². The second kappa shape index (κ2) is 3.66. The third-order valence-electron chi connectivity index (χ3n) is 2.18. The molecular formula is C10H9F3O2. The van der Waals surface area contributed by atoms with Crippen molar-refractivity contribution in [2.75, 3.05) is 0 Å². The number of benzene rings is 1. The average molecular weight is 218 g/mol. The molecule has 1 unspecified atom stereocenters. The lowest BCUT2D eigenvalue weighted by Gasteiger charge is -2.21. The molecule has 1 N–H and O–H groups in total. The van der Waals surface area contributed by atoms with E-state index in [0.29, 0.717) is 12.1 Å². The lowest BCUT2D eigenvalue weighted by Crippen LogP contribution is -2.32. The molecule has 0 amide bonds. The summed E-state index contributed by atoms with van der Waals surface area (Å²) in [5.74, 6) is -4.50. The van der Waals surface area contributed by atoms with Gasteiger partial charge in [-0.25, -0.2) is 13.2 Å². The van der Waals surface area contributed by atoms with E-state index in [1.165, 1.54) is 0 Å². The maximum absolute atomic E-state index is 13.2. The molecule has 0 radical (unpaired) electrons. The predicted molar refractivity (Wildman–Crippen MR) is 46.6 cm³/mol. The fourth-order valence-corrected chi connectivity index (χ4v) is 1.18. The maximum Gasteiger partial charge on any atom is 0.165 e. The summed E-state index contributed by atoms with van der Waals surface area (Å²) >= 11 is 0. The fraction of sp³-hybridized carbons (Fsp3) is 0.300. The average Bonchev–Trinajstić information content (AvgIpc) is 2.00. The van der Waals surface area contributed by atoms with Crippen LogP contribution in [0.1, 0.15) is 19.4 Å². The minimum Gasteiger partial charge on any atom is -0.377 e. The quantitative estimate of drug-likeness (QED) is 0.823. The number of hydrogen-bond donors (Lipinski definition) is 1. The van der Waals surface area contributed by atoms with E-state index in [4.69, 9.17) is 0 Å². The number of Topliss-reactive ketones (excluding diaryl/α,β-unsaturated/α-hetero) is 1. The number of carbonyl (C=O) groups is 1. The minimum absolute atomic E-state index is 0.413. The number of hydrogen-bond acceptors (Lipinski definition) is 2. The van der Waals surface area contributed by atoms with Gasteiger partial charge in [-0.05, 0) is 13.8 Å². The monoisotopic (exact) mass is 218 g/mol. The molecule has 0 spiro atoms. The second-order valence-electron chi connectivity index (χ2n) is 3.37. The highest BCUT2D eigenvalue weighted by atomic mass is 19.1. The van der Waals surface area contributed by atoms with Crippen LogP contribution in [0, 0.1) is 17.5 Å². The molecule has 0 aliphatic heterocycles. The summed E-state index contributed by atoms with van der Waals surface area (Å²) in [5.41, 5.74) is -3.13. The molecule has 15 heavy (non-hydrogen) atoms. The fourth-order valence-electron chi connectivity index (χ4n) is 1.18. The van der Waals surface area contributed by atoms with Crippen molar-refractivity contribution < 1.29 is 23.1 Å². The van der Waals surface area contributed by atoms with Crippen LogP contribution in [0.25, 0.3) is 0 Å². The number of aliphatic hydroxyl groups is 1. The Bertz CT molecular complexity index is 390. The Morgan fingerprint density at radius 3 is 2.00 bits per heavy atom. The van der Waals surface area contributed by atoms with Gasteiger partial charge in [-0.1, -0.05) is 0 Å². The topological polar surface area (TPSA) is 37.3 Å². The van der Waals surface area contributed by atoms with Gasteiger partial charge in [0.2, 0.25) is 0 Å². The van der Waals surface area contributed by atoms with Gasteiger partial charge in [0.1, 0.15) is 17.5 Å². The minimum atomic E-state index is -2.29. The van der Waals surface area contributed by atoms with Crippen LogP contribution in [0.15, 0.2) is 12.1 Å². The molecule has 0 heterocycles. The number of halogens is 3. The van der Waals surface area contributed by atoms with Gasteiger partial charge in [0.25, 0.3) is 0 Å². The van der Waals surface area contributed by atoms with E-state index in [0.717, 1.165) is 13.8 Å². The summed E-state index contributed by atoms with van der Waals surface area (Å²) < 4.78 is 38.9. The predicted octanol–water partition coefficient (Wildman–Crippen LogP) is 1.90. The van der Waals surface area contributed by atoms with Crippen LogP contribution >= 0.6 is 0 Å². The standard InChI is InChI=1S/C10H9F3O2/c1-5(14)10(2,15)9-7(12)3-6(11)4-8(9)13/h3-4,15H,1-2H3. The summed E-state index contributed by atoms with van der Waals surface area (Å²) in [5, 5.41) is 9.56. The van der Waals surface area contributed by atoms with E-state index in [-0.39, 0.29) is 0 Å². The van der Waals surface area contributed by atoms with Crippen molar-refractivity contribution in [1.29, 1.82) is 0 Å². The number of ketones is 1. The molecule has 1 rings (SSSR count). The molecule has 0 saturated heterocycles. The molecule has 0 aliphatic carbocycles. The molecule has 2 nitrogen and oxygen atoms in total. The zero-order chi connectivity index (χ0) is 11.8. The van der Waals surface area contributed by atoms with Crippen molar-refractivity contribution in [3.63, 3.8) is 0 Å². The second-order valence-corrected chi connectivity index (χ2v) is 3.37. The summed E-state index contributed by atoms with van der Waals surface area (Å²) in [6, 6.07) is 0.825. The van der Waals surface area contributed by atoms with Crippen molar-refractivity contribution in [3.05, 3.63) is 35.1 Å². The van der Waals surface area contributed by atoms with Gasteiger partial charge in [-0.15, -0.1) is 0 Å². The van der Waals surface area contributed by atoms with E-state index < -0.39 is 34.4 Å². The SMILES string of the molecule is CC(=O)C(C)(O)c1c(F)cc(F)cc1F. The molecule has 1 atom stereocenters. The van der Waals surface area contributed by atoms with E-state index in [1.54, 1.807) is 0 Å². The first-order valence-electron chi connectivity index (χ1n) is 4.15. The van der Waals surface area contributed by atoms with Gasteiger partial charge in [-0.3, -0.25) is 4.79 Å². The lowest BCUT2D eigenvalue weighted by molar-refractivity contribution is -0.134. The number of carbonyl (C=O) groups excluding carboxylic acids is 1. The largest absolute Gasteiger partial charge is 0.377 e. The molecule has 0 fully saturated rings. The van der Waals surface area contributed by atoms with Crippen LogP contribution in [0.5, 0.6) is 0 Å². The van der Waals surface area contributed by atoms with Crippen molar-refractivity contribution in [1.82, 2.24) is 0 Å². The molecule has 82 valence electrons. The van der Waals surface area contributed by atoms with E-state index in [9.17, 15) is 23.1 Å². The third-order valence-corrected chi connectivity index (χ3v) is 2.18. The zero-order valence-electron chi connectivity index (χ0n) is 8.14. The van der Waals surface area contributed by atoms with E-state index >= 15 is 0 Å².